The van der Waals surface area contributed by atoms with Crippen molar-refractivity contribution in [2.24, 2.45) is 5.10 Å². The highest BCUT2D eigenvalue weighted by molar-refractivity contribution is 7.12. The molecule has 1 aromatic carbocycles. The van der Waals surface area contributed by atoms with E-state index in [1.54, 1.807) is 6.07 Å². The first-order chi connectivity index (χ1) is 8.66. The summed E-state index contributed by atoms with van der Waals surface area (Å²) in [6.45, 7) is 3.91. The number of hydrogen-bond acceptors (Lipinski definition) is 3. The lowest BCUT2D eigenvalue weighted by atomic mass is 10.1. The number of hydrazone groups is 1. The van der Waals surface area contributed by atoms with Crippen molar-refractivity contribution >= 4 is 23.0 Å². The molecule has 0 spiro atoms. The maximum atomic E-state index is 11.7. The predicted molar refractivity (Wildman–Crippen MR) is 75.2 cm³/mol. The molecule has 18 heavy (non-hydrogen) atoms. The fourth-order valence-electron chi connectivity index (χ4n) is 1.46. The zero-order valence-corrected chi connectivity index (χ0v) is 11.1. The summed E-state index contributed by atoms with van der Waals surface area (Å²) in [6.07, 6.45) is 0. The molecule has 4 heteroatoms. The second kappa shape index (κ2) is 5.60. The molecule has 1 N–H and O–H groups in total. The van der Waals surface area contributed by atoms with Gasteiger partial charge in [-0.25, -0.2) is 5.43 Å². The van der Waals surface area contributed by atoms with E-state index < -0.39 is 0 Å². The molecule has 0 aliphatic heterocycles. The molecule has 0 fully saturated rings. The molecule has 0 saturated carbocycles. The molecule has 0 atom stereocenters. The highest BCUT2D eigenvalue weighted by Crippen LogP contribution is 2.08. The van der Waals surface area contributed by atoms with Gasteiger partial charge in [-0.2, -0.15) is 5.10 Å². The van der Waals surface area contributed by atoms with Crippen LogP contribution in [0.25, 0.3) is 0 Å². The van der Waals surface area contributed by atoms with E-state index in [1.165, 1.54) is 16.9 Å². The summed E-state index contributed by atoms with van der Waals surface area (Å²) < 4.78 is 0. The molecule has 1 heterocycles. The number of carbonyl (C=O) groups excluding carboxylic acids is 1. The average Bonchev–Trinajstić information content (AvgIpc) is 2.90. The van der Waals surface area contributed by atoms with Crippen LogP contribution < -0.4 is 5.43 Å². The van der Waals surface area contributed by atoms with Crippen LogP contribution in [0, 0.1) is 6.92 Å². The highest BCUT2D eigenvalue weighted by atomic mass is 32.1. The SMILES string of the molecule is CC(=NNC(=O)c1cccs1)c1ccc(C)cc1. The van der Waals surface area contributed by atoms with Crippen molar-refractivity contribution in [1.82, 2.24) is 5.43 Å². The minimum atomic E-state index is -0.170. The molecular formula is C14H14N2OS. The molecular weight excluding hydrogens is 244 g/mol. The fraction of sp³-hybridized carbons (Fsp3) is 0.143. The van der Waals surface area contributed by atoms with Crippen LogP contribution in [0.1, 0.15) is 27.7 Å². The molecule has 0 aliphatic rings. The number of aryl methyl sites for hydroxylation is 1. The predicted octanol–water partition coefficient (Wildman–Crippen LogP) is 3.21. The van der Waals surface area contributed by atoms with Crippen LogP contribution in [0.3, 0.4) is 0 Å². The van der Waals surface area contributed by atoms with Gasteiger partial charge in [-0.15, -0.1) is 11.3 Å². The van der Waals surface area contributed by atoms with Gasteiger partial charge in [-0.3, -0.25) is 4.79 Å². The Morgan fingerprint density at radius 2 is 1.94 bits per heavy atom. The summed E-state index contributed by atoms with van der Waals surface area (Å²) in [5.41, 5.74) is 5.56. The molecule has 0 unspecified atom stereocenters. The van der Waals surface area contributed by atoms with Gasteiger partial charge >= 0.3 is 0 Å². The smallest absolute Gasteiger partial charge is 0.266 e. The van der Waals surface area contributed by atoms with E-state index in [4.69, 9.17) is 0 Å². The molecule has 2 rings (SSSR count). The third kappa shape index (κ3) is 3.05. The van der Waals surface area contributed by atoms with Crippen molar-refractivity contribution in [3.8, 4) is 0 Å². The van der Waals surface area contributed by atoms with Crippen LogP contribution in [-0.2, 0) is 0 Å². The summed E-state index contributed by atoms with van der Waals surface area (Å²) in [6, 6.07) is 11.6. The lowest BCUT2D eigenvalue weighted by Gasteiger charge is -2.02. The molecule has 3 nitrogen and oxygen atoms in total. The van der Waals surface area contributed by atoms with Gasteiger partial charge in [0.05, 0.1) is 10.6 Å². The third-order valence-electron chi connectivity index (χ3n) is 2.54. The minimum absolute atomic E-state index is 0.170. The monoisotopic (exact) mass is 258 g/mol. The van der Waals surface area contributed by atoms with Gasteiger partial charge in [0.25, 0.3) is 5.91 Å². The third-order valence-corrected chi connectivity index (χ3v) is 3.41. The number of benzene rings is 1. The van der Waals surface area contributed by atoms with Crippen molar-refractivity contribution in [3.63, 3.8) is 0 Å². The lowest BCUT2D eigenvalue weighted by Crippen LogP contribution is -2.18. The fourth-order valence-corrected chi connectivity index (χ4v) is 2.07. The van der Waals surface area contributed by atoms with Crippen LogP contribution in [0.2, 0.25) is 0 Å². The van der Waals surface area contributed by atoms with Crippen molar-refractivity contribution in [1.29, 1.82) is 0 Å². The average molecular weight is 258 g/mol. The zero-order valence-electron chi connectivity index (χ0n) is 10.3. The van der Waals surface area contributed by atoms with E-state index in [2.05, 4.69) is 10.5 Å². The van der Waals surface area contributed by atoms with E-state index in [0.29, 0.717) is 4.88 Å². The minimum Gasteiger partial charge on any atom is -0.266 e. The van der Waals surface area contributed by atoms with Crippen LogP contribution in [0.15, 0.2) is 46.9 Å². The number of hydrogen-bond donors (Lipinski definition) is 1. The Kier molecular flexibility index (Phi) is 3.89. The van der Waals surface area contributed by atoms with Crippen molar-refractivity contribution < 1.29 is 4.79 Å². The van der Waals surface area contributed by atoms with Crippen LogP contribution in [0.4, 0.5) is 0 Å². The zero-order chi connectivity index (χ0) is 13.0. The van der Waals surface area contributed by atoms with Crippen LogP contribution >= 0.6 is 11.3 Å². The van der Waals surface area contributed by atoms with Crippen LogP contribution in [0.5, 0.6) is 0 Å². The van der Waals surface area contributed by atoms with Gasteiger partial charge in [0, 0.05) is 0 Å². The molecule has 1 amide bonds. The van der Waals surface area contributed by atoms with Gasteiger partial charge in [0.2, 0.25) is 0 Å². The van der Waals surface area contributed by atoms with E-state index in [9.17, 15) is 4.79 Å². The van der Waals surface area contributed by atoms with Crippen LogP contribution in [-0.4, -0.2) is 11.6 Å². The standard InChI is InChI=1S/C14H14N2OS/c1-10-5-7-12(8-6-10)11(2)15-16-14(17)13-4-3-9-18-13/h3-9H,1-2H3,(H,16,17). The summed E-state index contributed by atoms with van der Waals surface area (Å²) >= 11 is 1.40. The number of amides is 1. The number of nitrogens with one attached hydrogen (secondary N) is 1. The van der Waals surface area contributed by atoms with Gasteiger partial charge in [-0.05, 0) is 30.9 Å². The number of thiophene rings is 1. The van der Waals surface area contributed by atoms with Gasteiger partial charge < -0.3 is 0 Å². The first-order valence-corrected chi connectivity index (χ1v) is 6.50. The van der Waals surface area contributed by atoms with Crippen molar-refractivity contribution in [2.75, 3.05) is 0 Å². The van der Waals surface area contributed by atoms with Crippen molar-refractivity contribution in [3.05, 3.63) is 57.8 Å². The van der Waals surface area contributed by atoms with Gasteiger partial charge in [-0.1, -0.05) is 35.9 Å². The first kappa shape index (κ1) is 12.5. The lowest BCUT2D eigenvalue weighted by molar-refractivity contribution is 0.0959. The Balaban J connectivity index is 2.05. The Labute approximate surface area is 110 Å². The summed E-state index contributed by atoms with van der Waals surface area (Å²) in [7, 11) is 0. The second-order valence-corrected chi connectivity index (χ2v) is 4.93. The Morgan fingerprint density at radius 3 is 2.56 bits per heavy atom. The number of carbonyl (C=O) groups is 1. The molecule has 1 aromatic heterocycles. The quantitative estimate of drug-likeness (QED) is 0.666. The molecule has 0 bridgehead atoms. The first-order valence-electron chi connectivity index (χ1n) is 5.62. The van der Waals surface area contributed by atoms with Gasteiger partial charge in [0.1, 0.15) is 0 Å². The molecule has 92 valence electrons. The summed E-state index contributed by atoms with van der Waals surface area (Å²) in [5.74, 6) is -0.170. The second-order valence-electron chi connectivity index (χ2n) is 3.98. The Bertz CT molecular complexity index is 556. The largest absolute Gasteiger partial charge is 0.281 e. The van der Waals surface area contributed by atoms with Crippen molar-refractivity contribution in [2.45, 2.75) is 13.8 Å². The van der Waals surface area contributed by atoms with Gasteiger partial charge in [0.15, 0.2) is 0 Å². The van der Waals surface area contributed by atoms with E-state index in [0.717, 1.165) is 11.3 Å². The summed E-state index contributed by atoms with van der Waals surface area (Å²) in [4.78, 5) is 12.4. The molecule has 0 radical (unpaired) electrons. The Hall–Kier alpha value is -1.94. The Morgan fingerprint density at radius 1 is 1.22 bits per heavy atom. The number of rotatable bonds is 3. The van der Waals surface area contributed by atoms with E-state index >= 15 is 0 Å². The molecule has 2 aromatic rings. The number of nitrogens with zero attached hydrogens (tertiary/aromatic N) is 1. The maximum absolute atomic E-state index is 11.7. The molecule has 0 aliphatic carbocycles. The maximum Gasteiger partial charge on any atom is 0.281 e. The highest BCUT2D eigenvalue weighted by Gasteiger charge is 2.05. The topological polar surface area (TPSA) is 41.5 Å². The summed E-state index contributed by atoms with van der Waals surface area (Å²) in [5, 5.41) is 5.97. The van der Waals surface area contributed by atoms with E-state index in [-0.39, 0.29) is 5.91 Å². The normalized spacial score (nSPS) is 11.3. The van der Waals surface area contributed by atoms with E-state index in [1.807, 2.05) is 49.6 Å². The molecule has 0 saturated heterocycles.